The topological polar surface area (TPSA) is 53.1 Å². The first-order valence-corrected chi connectivity index (χ1v) is 11.0. The van der Waals surface area contributed by atoms with Gasteiger partial charge in [-0.15, -0.1) is 0 Å². The molecule has 0 aromatic rings. The summed E-state index contributed by atoms with van der Waals surface area (Å²) in [5, 5.41) is 0. The second kappa shape index (κ2) is 10.4. The van der Waals surface area contributed by atoms with Gasteiger partial charge in [-0.05, 0) is 83.6 Å². The van der Waals surface area contributed by atoms with Crippen molar-refractivity contribution in [3.8, 4) is 0 Å². The van der Waals surface area contributed by atoms with Crippen LogP contribution < -0.4 is 0 Å². The summed E-state index contributed by atoms with van der Waals surface area (Å²) in [6.45, 7) is 7.59. The molecule has 3 saturated heterocycles. The first-order valence-electron chi connectivity index (χ1n) is 11.0. The molecule has 3 heterocycles. The van der Waals surface area contributed by atoms with Gasteiger partial charge in [0, 0.05) is 26.1 Å². The number of nitrogens with zero attached hydrogens (tertiary/aromatic N) is 3. The van der Waals surface area contributed by atoms with Crippen molar-refractivity contribution in [2.75, 3.05) is 59.5 Å². The number of carbonyl (C=O) groups is 2. The molecule has 0 aliphatic carbocycles. The molecule has 3 aliphatic heterocycles. The predicted molar refractivity (Wildman–Crippen MR) is 105 cm³/mol. The van der Waals surface area contributed by atoms with Crippen molar-refractivity contribution >= 4 is 11.9 Å². The van der Waals surface area contributed by atoms with Crippen LogP contribution >= 0.6 is 0 Å². The maximum absolute atomic E-state index is 12.0. The Balaban J connectivity index is 1.22. The van der Waals surface area contributed by atoms with E-state index < -0.39 is 0 Å². The Hall–Kier alpha value is -1.14. The van der Waals surface area contributed by atoms with Crippen LogP contribution in [0.5, 0.6) is 0 Å². The van der Waals surface area contributed by atoms with Gasteiger partial charge in [0.05, 0.1) is 13.0 Å². The summed E-state index contributed by atoms with van der Waals surface area (Å²) in [4.78, 5) is 30.2. The lowest BCUT2D eigenvalue weighted by Crippen LogP contribution is -2.40. The minimum absolute atomic E-state index is 0.0970. The van der Waals surface area contributed by atoms with Crippen LogP contribution in [0.25, 0.3) is 0 Å². The number of piperidine rings is 2. The van der Waals surface area contributed by atoms with E-state index >= 15 is 0 Å². The lowest BCUT2D eigenvalue weighted by atomic mass is 9.79. The third kappa shape index (κ3) is 6.46. The summed E-state index contributed by atoms with van der Waals surface area (Å²) >= 11 is 0. The summed E-state index contributed by atoms with van der Waals surface area (Å²) in [6, 6.07) is 0. The molecule has 3 aliphatic rings. The summed E-state index contributed by atoms with van der Waals surface area (Å²) in [5.41, 5.74) is 0. The zero-order valence-electron chi connectivity index (χ0n) is 17.0. The van der Waals surface area contributed by atoms with Gasteiger partial charge < -0.3 is 19.4 Å². The summed E-state index contributed by atoms with van der Waals surface area (Å²) < 4.78 is 5.35. The van der Waals surface area contributed by atoms with Gasteiger partial charge in [0.25, 0.3) is 0 Å². The quantitative estimate of drug-likeness (QED) is 0.477. The van der Waals surface area contributed by atoms with Crippen molar-refractivity contribution in [1.29, 1.82) is 0 Å². The highest BCUT2D eigenvalue weighted by Gasteiger charge is 2.28. The van der Waals surface area contributed by atoms with Gasteiger partial charge in [-0.1, -0.05) is 0 Å². The van der Waals surface area contributed by atoms with E-state index in [-0.39, 0.29) is 11.9 Å². The van der Waals surface area contributed by atoms with Crippen molar-refractivity contribution in [2.45, 2.75) is 51.4 Å². The molecule has 6 nitrogen and oxygen atoms in total. The lowest BCUT2D eigenvalue weighted by Gasteiger charge is -2.39. The molecule has 0 N–H and O–H groups in total. The van der Waals surface area contributed by atoms with E-state index in [1.54, 1.807) is 0 Å². The number of hydrogen-bond donors (Lipinski definition) is 0. The third-order valence-electron chi connectivity index (χ3n) is 6.70. The normalized spacial score (nSPS) is 23.9. The van der Waals surface area contributed by atoms with Crippen LogP contribution in [0.15, 0.2) is 0 Å². The molecule has 0 saturated carbocycles. The average molecular weight is 380 g/mol. The maximum atomic E-state index is 12.0. The molecule has 27 heavy (non-hydrogen) atoms. The fourth-order valence-electron chi connectivity index (χ4n) is 4.85. The Morgan fingerprint density at radius 1 is 1.00 bits per heavy atom. The predicted octanol–water partition coefficient (Wildman–Crippen LogP) is 1.99. The van der Waals surface area contributed by atoms with Gasteiger partial charge in [-0.25, -0.2) is 0 Å². The average Bonchev–Trinajstić information content (AvgIpc) is 3.09. The molecule has 0 aromatic carbocycles. The number of amides is 1. The smallest absolute Gasteiger partial charge is 0.307 e. The zero-order valence-corrected chi connectivity index (χ0v) is 17.0. The Labute approximate surface area is 164 Å². The minimum Gasteiger partial charge on any atom is -0.466 e. The Morgan fingerprint density at radius 2 is 1.67 bits per heavy atom. The molecule has 154 valence electrons. The van der Waals surface area contributed by atoms with Gasteiger partial charge in [0.2, 0.25) is 5.91 Å². The maximum Gasteiger partial charge on any atom is 0.307 e. The molecule has 0 unspecified atom stereocenters. The number of ether oxygens (including phenoxy) is 1. The molecular weight excluding hydrogens is 342 g/mol. The van der Waals surface area contributed by atoms with E-state index in [0.717, 1.165) is 57.4 Å². The van der Waals surface area contributed by atoms with Crippen LogP contribution in [0.1, 0.15) is 51.4 Å². The van der Waals surface area contributed by atoms with Crippen molar-refractivity contribution < 1.29 is 14.3 Å². The fourth-order valence-corrected chi connectivity index (χ4v) is 4.85. The molecule has 3 rings (SSSR count). The fraction of sp³-hybridized carbons (Fsp3) is 0.905. The molecule has 3 fully saturated rings. The van der Waals surface area contributed by atoms with E-state index in [9.17, 15) is 9.59 Å². The SMILES string of the molecule is CN1CCC(C2CCN(CCC(=O)OCCCN3CCCC3=O)CC2)CC1. The van der Waals surface area contributed by atoms with Gasteiger partial charge >= 0.3 is 5.97 Å². The minimum atomic E-state index is -0.0970. The molecular formula is C21H37N3O3. The first kappa shape index (κ1) is 20.6. The van der Waals surface area contributed by atoms with Crippen molar-refractivity contribution in [1.82, 2.24) is 14.7 Å². The lowest BCUT2D eigenvalue weighted by molar-refractivity contribution is -0.144. The van der Waals surface area contributed by atoms with Crippen molar-refractivity contribution in [3.05, 3.63) is 0 Å². The first-order chi connectivity index (χ1) is 13.1. The third-order valence-corrected chi connectivity index (χ3v) is 6.70. The number of rotatable bonds is 8. The number of likely N-dealkylation sites (tertiary alicyclic amines) is 3. The largest absolute Gasteiger partial charge is 0.466 e. The highest BCUT2D eigenvalue weighted by atomic mass is 16.5. The van der Waals surface area contributed by atoms with Crippen LogP contribution in [-0.2, 0) is 14.3 Å². The van der Waals surface area contributed by atoms with Gasteiger partial charge in [-0.2, -0.15) is 0 Å². The van der Waals surface area contributed by atoms with Crippen LogP contribution in [-0.4, -0.2) is 86.0 Å². The Morgan fingerprint density at radius 3 is 2.30 bits per heavy atom. The standard InChI is InChI=1S/C21H37N3O3/c1-22-12-5-18(6-13-22)19-7-14-23(15-8-19)16-9-21(26)27-17-3-11-24-10-2-4-20(24)25/h18-19H,2-17H2,1H3. The molecule has 0 bridgehead atoms. The molecule has 6 heteroatoms. The van der Waals surface area contributed by atoms with E-state index in [0.29, 0.717) is 19.4 Å². The number of esters is 1. The summed E-state index contributed by atoms with van der Waals surface area (Å²) in [6.07, 6.45) is 8.16. The Kier molecular flexibility index (Phi) is 7.94. The van der Waals surface area contributed by atoms with Crippen LogP contribution in [0.3, 0.4) is 0 Å². The van der Waals surface area contributed by atoms with Crippen molar-refractivity contribution in [3.63, 3.8) is 0 Å². The van der Waals surface area contributed by atoms with E-state index in [1.807, 2.05) is 4.90 Å². The highest BCUT2D eigenvalue weighted by molar-refractivity contribution is 5.78. The zero-order chi connectivity index (χ0) is 19.1. The van der Waals surface area contributed by atoms with Crippen LogP contribution in [0.4, 0.5) is 0 Å². The second-order valence-electron chi connectivity index (χ2n) is 8.63. The van der Waals surface area contributed by atoms with Gasteiger partial charge in [0.15, 0.2) is 0 Å². The highest BCUT2D eigenvalue weighted by Crippen LogP contribution is 2.32. The molecule has 0 aromatic heterocycles. The monoisotopic (exact) mass is 379 g/mol. The van der Waals surface area contributed by atoms with E-state index in [2.05, 4.69) is 16.8 Å². The molecule has 0 radical (unpaired) electrons. The van der Waals surface area contributed by atoms with Gasteiger partial charge in [0.1, 0.15) is 0 Å². The summed E-state index contributed by atoms with van der Waals surface area (Å²) in [5.74, 6) is 1.94. The van der Waals surface area contributed by atoms with Crippen LogP contribution in [0, 0.1) is 11.8 Å². The van der Waals surface area contributed by atoms with E-state index in [4.69, 9.17) is 4.74 Å². The number of hydrogen-bond acceptors (Lipinski definition) is 5. The molecule has 0 atom stereocenters. The summed E-state index contributed by atoms with van der Waals surface area (Å²) in [7, 11) is 2.23. The van der Waals surface area contributed by atoms with E-state index in [1.165, 1.54) is 38.8 Å². The molecule has 0 spiro atoms. The van der Waals surface area contributed by atoms with Crippen molar-refractivity contribution in [2.24, 2.45) is 11.8 Å². The number of carbonyl (C=O) groups excluding carboxylic acids is 2. The van der Waals surface area contributed by atoms with Gasteiger partial charge in [-0.3, -0.25) is 9.59 Å². The Bertz CT molecular complexity index is 483. The van der Waals surface area contributed by atoms with Crippen LogP contribution in [0.2, 0.25) is 0 Å². The second-order valence-corrected chi connectivity index (χ2v) is 8.63. The molecule has 1 amide bonds.